The minimum atomic E-state index is -4.85. The molecule has 0 heterocycles. The number of aryl methyl sites for hydroxylation is 1. The van der Waals surface area contributed by atoms with Crippen LogP contribution in [0.4, 0.5) is 39.5 Å². The molecule has 0 amide bonds. The lowest BCUT2D eigenvalue weighted by atomic mass is 9.96. The number of alkyl halides is 2. The van der Waals surface area contributed by atoms with Crippen molar-refractivity contribution in [2.45, 2.75) is 38.7 Å². The lowest BCUT2D eigenvalue weighted by Gasteiger charge is -2.20. The number of halogens is 9. The Morgan fingerprint density at radius 3 is 1.48 bits per heavy atom. The van der Waals surface area contributed by atoms with Crippen molar-refractivity contribution >= 4 is 0 Å². The molecular weight excluding hydrogens is 619 g/mol. The van der Waals surface area contributed by atoms with Gasteiger partial charge < -0.3 is 4.74 Å². The van der Waals surface area contributed by atoms with Crippen molar-refractivity contribution in [3.8, 4) is 39.1 Å². The SMILES string of the molecule is CCCCCc1ccc(-c2ccc(-c3cc(F)c(-c4cc(F)c(C(F)(F)Oc5cc(F)c(F)c(F)c5)c(F)c4)c(F)c3)cc2)cc1. The molecule has 0 atom stereocenters. The van der Waals surface area contributed by atoms with Crippen LogP contribution in [0, 0.1) is 40.7 Å². The second-order valence-corrected chi connectivity index (χ2v) is 10.7. The first-order valence-electron chi connectivity index (χ1n) is 14.3. The van der Waals surface area contributed by atoms with Gasteiger partial charge in [0.05, 0.1) is 5.56 Å². The van der Waals surface area contributed by atoms with E-state index < -0.39 is 69.3 Å². The second-order valence-electron chi connectivity index (χ2n) is 10.7. The summed E-state index contributed by atoms with van der Waals surface area (Å²) in [5.74, 6) is -13.4. The summed E-state index contributed by atoms with van der Waals surface area (Å²) in [5, 5.41) is 0. The van der Waals surface area contributed by atoms with Crippen LogP contribution in [0.15, 0.2) is 84.9 Å². The van der Waals surface area contributed by atoms with Gasteiger partial charge in [0.15, 0.2) is 17.5 Å². The standard InChI is InChI=1S/C36H25F9O/c1-2-3-4-5-20-6-8-21(9-7-20)22-10-12-23(13-11-22)24-14-27(37)33(28(38)15-24)25-16-29(39)34(30(40)17-25)36(44,45)46-26-18-31(41)35(43)32(42)19-26/h6-19H,2-5H2,1H3. The van der Waals surface area contributed by atoms with Gasteiger partial charge in [-0.05, 0) is 70.5 Å². The highest BCUT2D eigenvalue weighted by Crippen LogP contribution is 2.39. The topological polar surface area (TPSA) is 9.23 Å². The molecule has 0 saturated heterocycles. The van der Waals surface area contributed by atoms with Crippen molar-refractivity contribution in [1.29, 1.82) is 0 Å². The maximum atomic E-state index is 15.2. The molecule has 0 bridgehead atoms. The summed E-state index contributed by atoms with van der Waals surface area (Å²) in [4.78, 5) is 0. The monoisotopic (exact) mass is 644 g/mol. The van der Waals surface area contributed by atoms with Crippen LogP contribution in [-0.2, 0) is 12.5 Å². The highest BCUT2D eigenvalue weighted by molar-refractivity contribution is 5.74. The zero-order valence-corrected chi connectivity index (χ0v) is 24.2. The molecule has 5 rings (SSSR count). The van der Waals surface area contributed by atoms with Gasteiger partial charge in [-0.1, -0.05) is 68.3 Å². The van der Waals surface area contributed by atoms with Crippen LogP contribution in [0.25, 0.3) is 33.4 Å². The molecule has 46 heavy (non-hydrogen) atoms. The van der Waals surface area contributed by atoms with E-state index in [4.69, 9.17) is 0 Å². The Balaban J connectivity index is 1.38. The summed E-state index contributed by atoms with van der Waals surface area (Å²) in [5.41, 5.74) is 0.0241. The van der Waals surface area contributed by atoms with Crippen LogP contribution < -0.4 is 4.74 Å². The fourth-order valence-corrected chi connectivity index (χ4v) is 5.10. The van der Waals surface area contributed by atoms with Crippen LogP contribution in [0.2, 0.25) is 0 Å². The number of rotatable bonds is 10. The predicted molar refractivity (Wildman–Crippen MR) is 157 cm³/mol. The largest absolute Gasteiger partial charge is 0.432 e. The molecule has 5 aromatic rings. The van der Waals surface area contributed by atoms with E-state index in [9.17, 15) is 30.7 Å². The Kier molecular flexibility index (Phi) is 9.46. The molecule has 10 heteroatoms. The molecule has 0 aliphatic rings. The Labute approximate surface area is 258 Å². The third-order valence-corrected chi connectivity index (χ3v) is 7.44. The lowest BCUT2D eigenvalue weighted by Crippen LogP contribution is -2.25. The normalized spacial score (nSPS) is 11.6. The Morgan fingerprint density at radius 1 is 0.522 bits per heavy atom. The van der Waals surface area contributed by atoms with Gasteiger partial charge in [0.25, 0.3) is 0 Å². The molecule has 0 aliphatic carbocycles. The van der Waals surface area contributed by atoms with E-state index in [0.717, 1.165) is 48.9 Å². The van der Waals surface area contributed by atoms with Gasteiger partial charge in [-0.3, -0.25) is 0 Å². The maximum Gasteiger partial charge on any atom is 0.432 e. The summed E-state index contributed by atoms with van der Waals surface area (Å²) in [6.07, 6.45) is -0.449. The van der Waals surface area contributed by atoms with Crippen molar-refractivity contribution in [2.75, 3.05) is 0 Å². The zero-order valence-electron chi connectivity index (χ0n) is 24.2. The minimum Gasteiger partial charge on any atom is -0.429 e. The zero-order chi connectivity index (χ0) is 33.2. The number of unbranched alkanes of at least 4 members (excludes halogenated alkanes) is 2. The molecule has 0 aliphatic heterocycles. The average Bonchev–Trinajstić information content (AvgIpc) is 2.99. The molecular formula is C36H25F9O. The predicted octanol–water partition coefficient (Wildman–Crippen LogP) is 11.5. The van der Waals surface area contributed by atoms with E-state index in [-0.39, 0.29) is 29.8 Å². The third-order valence-electron chi connectivity index (χ3n) is 7.44. The van der Waals surface area contributed by atoms with Crippen LogP contribution in [0.3, 0.4) is 0 Å². The van der Waals surface area contributed by atoms with E-state index in [1.165, 1.54) is 5.56 Å². The average molecular weight is 645 g/mol. The van der Waals surface area contributed by atoms with E-state index in [2.05, 4.69) is 23.8 Å². The lowest BCUT2D eigenvalue weighted by molar-refractivity contribution is -0.189. The van der Waals surface area contributed by atoms with E-state index in [1.807, 2.05) is 12.1 Å². The van der Waals surface area contributed by atoms with Gasteiger partial charge in [-0.15, -0.1) is 0 Å². The first kappa shape index (κ1) is 32.7. The van der Waals surface area contributed by atoms with E-state index in [0.29, 0.717) is 5.56 Å². The second kappa shape index (κ2) is 13.3. The number of hydrogen-bond acceptors (Lipinski definition) is 1. The molecule has 0 N–H and O–H groups in total. The quantitative estimate of drug-likeness (QED) is 0.0835. The summed E-state index contributed by atoms with van der Waals surface area (Å²) in [7, 11) is 0. The van der Waals surface area contributed by atoms with Crippen LogP contribution in [0.1, 0.15) is 37.3 Å². The molecule has 0 radical (unpaired) electrons. The van der Waals surface area contributed by atoms with Gasteiger partial charge in [-0.25, -0.2) is 30.7 Å². The van der Waals surface area contributed by atoms with Crippen molar-refractivity contribution < 1.29 is 44.3 Å². The smallest absolute Gasteiger partial charge is 0.429 e. The van der Waals surface area contributed by atoms with Crippen molar-refractivity contribution in [1.82, 2.24) is 0 Å². The molecule has 0 fully saturated rings. The summed E-state index contributed by atoms with van der Waals surface area (Å²) >= 11 is 0. The molecule has 5 aromatic carbocycles. The highest BCUT2D eigenvalue weighted by Gasteiger charge is 2.42. The van der Waals surface area contributed by atoms with Crippen molar-refractivity contribution in [3.63, 3.8) is 0 Å². The Hall–Kier alpha value is -4.73. The Bertz CT molecular complexity index is 1800. The minimum absolute atomic E-state index is 0.0584. The number of benzene rings is 5. The van der Waals surface area contributed by atoms with Crippen molar-refractivity contribution in [2.24, 2.45) is 0 Å². The summed E-state index contributed by atoms with van der Waals surface area (Å²) in [6.45, 7) is 2.14. The van der Waals surface area contributed by atoms with Crippen LogP contribution in [0.5, 0.6) is 5.75 Å². The molecule has 0 spiro atoms. The fourth-order valence-electron chi connectivity index (χ4n) is 5.10. The molecule has 0 unspecified atom stereocenters. The highest BCUT2D eigenvalue weighted by atomic mass is 19.3. The van der Waals surface area contributed by atoms with Crippen molar-refractivity contribution in [3.05, 3.63) is 137 Å². The van der Waals surface area contributed by atoms with Gasteiger partial charge in [0.2, 0.25) is 0 Å². The van der Waals surface area contributed by atoms with Gasteiger partial charge in [0, 0.05) is 12.1 Å². The van der Waals surface area contributed by atoms with Gasteiger partial charge in [0.1, 0.15) is 34.6 Å². The Morgan fingerprint density at radius 2 is 0.978 bits per heavy atom. The first-order valence-corrected chi connectivity index (χ1v) is 14.3. The molecule has 0 aromatic heterocycles. The molecule has 0 saturated carbocycles. The van der Waals surface area contributed by atoms with Gasteiger partial charge >= 0.3 is 6.11 Å². The maximum absolute atomic E-state index is 15.2. The van der Waals surface area contributed by atoms with Gasteiger partial charge in [-0.2, -0.15) is 8.78 Å². The molecule has 238 valence electrons. The van der Waals surface area contributed by atoms with Crippen LogP contribution in [-0.4, -0.2) is 0 Å². The first-order chi connectivity index (χ1) is 21.9. The number of hydrogen-bond donors (Lipinski definition) is 0. The van der Waals surface area contributed by atoms with E-state index in [1.54, 1.807) is 24.3 Å². The summed E-state index contributed by atoms with van der Waals surface area (Å²) in [6, 6.07) is 17.5. The summed E-state index contributed by atoms with van der Waals surface area (Å²) < 4.78 is 134. The molecule has 1 nitrogen and oxygen atoms in total. The van der Waals surface area contributed by atoms with Crippen LogP contribution >= 0.6 is 0 Å². The number of ether oxygens (including phenoxy) is 1. The fraction of sp³-hybridized carbons (Fsp3) is 0.167. The van der Waals surface area contributed by atoms with E-state index >= 15 is 8.78 Å². The third kappa shape index (κ3) is 6.90.